The van der Waals surface area contributed by atoms with E-state index in [1.165, 1.54) is 29.2 Å². The van der Waals surface area contributed by atoms with Gasteiger partial charge in [-0.15, -0.1) is 0 Å². The number of fused-ring (bicyclic) bond motifs is 1. The third-order valence-electron chi connectivity index (χ3n) is 8.10. The third-order valence-corrected chi connectivity index (χ3v) is 8.10. The number of primary amides is 1. The second-order valence-corrected chi connectivity index (χ2v) is 11.4. The summed E-state index contributed by atoms with van der Waals surface area (Å²) in [6.07, 6.45) is -9.15. The quantitative estimate of drug-likeness (QED) is 0.171. The van der Waals surface area contributed by atoms with Crippen LogP contribution >= 0.6 is 0 Å². The molecular formula is C35H34F6N6O5. The Bertz CT molecular complexity index is 1910. The van der Waals surface area contributed by atoms with Crippen LogP contribution in [0.5, 0.6) is 0 Å². The second kappa shape index (κ2) is 16.1. The minimum Gasteiger partial charge on any atom is -0.475 e. The molecule has 0 fully saturated rings. The number of alkyl halides is 6. The number of carbonyl (C=O) groups is 4. The Kier molecular flexibility index (Phi) is 12.1. The van der Waals surface area contributed by atoms with Gasteiger partial charge in [0.1, 0.15) is 5.69 Å². The van der Waals surface area contributed by atoms with E-state index in [4.69, 9.17) is 15.6 Å². The Morgan fingerprint density at radius 2 is 1.58 bits per heavy atom. The Hall–Kier alpha value is -5.71. The van der Waals surface area contributed by atoms with Gasteiger partial charge in [-0.2, -0.15) is 31.4 Å². The number of rotatable bonds is 10. The zero-order valence-corrected chi connectivity index (χ0v) is 27.8. The fraction of sp³-hybridized carbons (Fsp3) is 0.286. The summed E-state index contributed by atoms with van der Waals surface area (Å²) in [5.41, 5.74) is 6.13. The molecule has 1 atom stereocenters. The first-order valence-corrected chi connectivity index (χ1v) is 15.9. The predicted octanol–water partition coefficient (Wildman–Crippen LogP) is 5.92. The number of anilines is 2. The Morgan fingerprint density at radius 1 is 0.942 bits per heavy atom. The molecule has 3 aromatic carbocycles. The smallest absolute Gasteiger partial charge is 0.475 e. The molecule has 0 spiro atoms. The maximum atomic E-state index is 14.0. The van der Waals surface area contributed by atoms with Gasteiger partial charge >= 0.3 is 18.3 Å². The molecule has 0 saturated heterocycles. The summed E-state index contributed by atoms with van der Waals surface area (Å²) in [6, 6.07) is 22.3. The highest BCUT2D eigenvalue weighted by Crippen LogP contribution is 2.37. The molecule has 52 heavy (non-hydrogen) atoms. The Morgan fingerprint density at radius 3 is 2.12 bits per heavy atom. The van der Waals surface area contributed by atoms with Gasteiger partial charge in [-0.3, -0.25) is 14.4 Å². The molecule has 3 amide bonds. The van der Waals surface area contributed by atoms with Crippen molar-refractivity contribution in [1.82, 2.24) is 15.1 Å². The van der Waals surface area contributed by atoms with Crippen molar-refractivity contribution in [3.05, 3.63) is 107 Å². The van der Waals surface area contributed by atoms with E-state index in [9.17, 15) is 40.7 Å². The summed E-state index contributed by atoms with van der Waals surface area (Å²) < 4.78 is 74.6. The number of hydrogen-bond donors (Lipinski definition) is 3. The number of likely N-dealkylation sites (N-methyl/N-ethyl adjacent to an activating group) is 1. The van der Waals surface area contributed by atoms with Gasteiger partial charge in [0.2, 0.25) is 11.8 Å². The predicted molar refractivity (Wildman–Crippen MR) is 178 cm³/mol. The molecule has 2 heterocycles. The number of carboxylic acids is 1. The topological polar surface area (TPSA) is 151 Å². The number of nitrogens with zero attached hydrogens (tertiary/aromatic N) is 4. The number of aromatic nitrogens is 2. The number of carbonyl (C=O) groups excluding carboxylic acids is 3. The first kappa shape index (κ1) is 39.1. The molecule has 1 aliphatic rings. The van der Waals surface area contributed by atoms with Gasteiger partial charge < -0.3 is 26.0 Å². The van der Waals surface area contributed by atoms with Crippen LogP contribution in [0, 0.1) is 0 Å². The number of hydrogen-bond acceptors (Lipinski definition) is 6. The molecule has 0 aliphatic carbocycles. The fourth-order valence-electron chi connectivity index (χ4n) is 5.62. The van der Waals surface area contributed by atoms with Gasteiger partial charge in [-0.05, 0) is 67.8 Å². The lowest BCUT2D eigenvalue weighted by atomic mass is 10.0. The number of nitrogens with two attached hydrogens (primary N) is 1. The number of carboxylic acid groups (broad SMARTS) is 1. The van der Waals surface area contributed by atoms with Crippen LogP contribution in [0.1, 0.15) is 64.0 Å². The lowest BCUT2D eigenvalue weighted by Crippen LogP contribution is -2.40. The third kappa shape index (κ3) is 8.95. The van der Waals surface area contributed by atoms with E-state index < -0.39 is 35.8 Å². The SMILES string of the molecule is CC[C@H](NCC(=O)N(CC)c1ccc(N2CCc3c(C(F)(F)F)nn(-c4cccc(C(N)=O)c4)c3C2=O)cc1)c1ccccc1.O=C(O)C(F)(F)F. The van der Waals surface area contributed by atoms with Crippen molar-refractivity contribution in [1.29, 1.82) is 0 Å². The zero-order valence-electron chi connectivity index (χ0n) is 27.8. The Balaban J connectivity index is 0.000000785. The number of aliphatic carboxylic acids is 1. The first-order valence-electron chi connectivity index (χ1n) is 15.9. The minimum atomic E-state index is -5.08. The maximum Gasteiger partial charge on any atom is 0.490 e. The summed E-state index contributed by atoms with van der Waals surface area (Å²) in [5.74, 6) is -4.32. The lowest BCUT2D eigenvalue weighted by Gasteiger charge is -2.29. The number of halogens is 6. The number of amides is 3. The summed E-state index contributed by atoms with van der Waals surface area (Å²) in [4.78, 5) is 50.6. The highest BCUT2D eigenvalue weighted by atomic mass is 19.4. The van der Waals surface area contributed by atoms with E-state index >= 15 is 0 Å². The molecule has 1 aliphatic heterocycles. The van der Waals surface area contributed by atoms with Crippen LogP contribution in [0.3, 0.4) is 0 Å². The van der Waals surface area contributed by atoms with Crippen LogP contribution in [0.2, 0.25) is 0 Å². The molecule has 4 N–H and O–H groups in total. The van der Waals surface area contributed by atoms with Crippen LogP contribution in [0.4, 0.5) is 37.7 Å². The largest absolute Gasteiger partial charge is 0.490 e. The van der Waals surface area contributed by atoms with Crippen LogP contribution in [0.15, 0.2) is 78.9 Å². The van der Waals surface area contributed by atoms with Gasteiger partial charge in [0.05, 0.1) is 12.2 Å². The van der Waals surface area contributed by atoms with Crippen molar-refractivity contribution in [2.24, 2.45) is 5.73 Å². The van der Waals surface area contributed by atoms with Crippen LogP contribution in [-0.4, -0.2) is 64.4 Å². The van der Waals surface area contributed by atoms with Crippen molar-refractivity contribution in [3.63, 3.8) is 0 Å². The molecule has 0 radical (unpaired) electrons. The molecular weight excluding hydrogens is 698 g/mol. The van der Waals surface area contributed by atoms with Crippen LogP contribution in [-0.2, 0) is 22.2 Å². The first-order chi connectivity index (χ1) is 24.5. The van der Waals surface area contributed by atoms with E-state index in [1.54, 1.807) is 29.2 Å². The average molecular weight is 733 g/mol. The summed E-state index contributed by atoms with van der Waals surface area (Å²) in [6.45, 7) is 4.45. The molecule has 4 aromatic rings. The standard InChI is InChI=1S/C33H33F3N6O3.C2HF3O2/c1-3-27(21-9-6-5-7-10-21)38-20-28(43)40(4-2)23-13-15-24(16-14-23)41-18-17-26-29(32(41)45)42(39-30(26)33(34,35)36)25-12-8-11-22(19-25)31(37)44;3-2(4,5)1(6)7/h5-16,19,27,38H,3-4,17-18,20H2,1-2H3,(H2,37,44);(H,6,7)/t27-;/m0./s1. The number of nitrogens with one attached hydrogen (secondary N) is 1. The van der Waals surface area contributed by atoms with E-state index in [-0.39, 0.29) is 54.0 Å². The summed E-state index contributed by atoms with van der Waals surface area (Å²) in [7, 11) is 0. The molecule has 0 bridgehead atoms. The van der Waals surface area contributed by atoms with Crippen molar-refractivity contribution < 1.29 is 50.6 Å². The van der Waals surface area contributed by atoms with Crippen molar-refractivity contribution in [2.45, 2.75) is 45.1 Å². The second-order valence-electron chi connectivity index (χ2n) is 11.4. The molecule has 1 aromatic heterocycles. The highest BCUT2D eigenvalue weighted by Gasteiger charge is 2.43. The fourth-order valence-corrected chi connectivity index (χ4v) is 5.62. The molecule has 11 nitrogen and oxygen atoms in total. The van der Waals surface area contributed by atoms with Gasteiger partial charge in [-0.1, -0.05) is 43.3 Å². The molecule has 17 heteroatoms. The van der Waals surface area contributed by atoms with Gasteiger partial charge in [0.15, 0.2) is 5.69 Å². The van der Waals surface area contributed by atoms with Crippen molar-refractivity contribution >= 4 is 35.1 Å². The van der Waals surface area contributed by atoms with E-state index in [2.05, 4.69) is 10.4 Å². The van der Waals surface area contributed by atoms with Gasteiger partial charge in [0, 0.05) is 41.6 Å². The average Bonchev–Trinajstić information content (AvgIpc) is 3.51. The van der Waals surface area contributed by atoms with Crippen molar-refractivity contribution in [3.8, 4) is 5.69 Å². The molecule has 5 rings (SSSR count). The minimum absolute atomic E-state index is 0.000482. The monoisotopic (exact) mass is 732 g/mol. The lowest BCUT2D eigenvalue weighted by molar-refractivity contribution is -0.192. The van der Waals surface area contributed by atoms with Crippen LogP contribution in [0.25, 0.3) is 5.69 Å². The van der Waals surface area contributed by atoms with Gasteiger partial charge in [0.25, 0.3) is 5.91 Å². The molecule has 0 saturated carbocycles. The number of benzene rings is 3. The van der Waals surface area contributed by atoms with E-state index in [0.29, 0.717) is 17.9 Å². The normalized spacial score (nSPS) is 13.5. The molecule has 0 unspecified atom stereocenters. The summed E-state index contributed by atoms with van der Waals surface area (Å²) >= 11 is 0. The highest BCUT2D eigenvalue weighted by molar-refractivity contribution is 6.08. The maximum absolute atomic E-state index is 14.0. The summed E-state index contributed by atoms with van der Waals surface area (Å²) in [5, 5.41) is 14.2. The van der Waals surface area contributed by atoms with Crippen LogP contribution < -0.4 is 20.9 Å². The van der Waals surface area contributed by atoms with Crippen molar-refractivity contribution in [2.75, 3.05) is 29.4 Å². The zero-order chi connectivity index (χ0) is 38.4. The molecule has 276 valence electrons. The van der Waals surface area contributed by atoms with Gasteiger partial charge in [-0.25, -0.2) is 9.48 Å². The Labute approximate surface area is 293 Å². The van der Waals surface area contributed by atoms with E-state index in [0.717, 1.165) is 16.7 Å². The van der Waals surface area contributed by atoms with E-state index in [1.807, 2.05) is 44.2 Å².